The predicted octanol–water partition coefficient (Wildman–Crippen LogP) is 16.9. The highest BCUT2D eigenvalue weighted by Crippen LogP contribution is 2.51. The predicted molar refractivity (Wildman–Crippen MR) is 333 cm³/mol. The minimum Gasteiger partial charge on any atom is -0.458 e. The average molecular weight is 1050 g/mol. The van der Waals surface area contributed by atoms with Gasteiger partial charge in [0.2, 0.25) is 0 Å². The molecule has 3 aromatic heterocycles. The molecule has 388 valence electrons. The maximum atomic E-state index is 7.04. The van der Waals surface area contributed by atoms with Gasteiger partial charge in [0.15, 0.2) is 0 Å². The number of ether oxygens (including phenoxy) is 1. The van der Waals surface area contributed by atoms with Crippen molar-refractivity contribution in [2.24, 2.45) is 0 Å². The standard InChI is InChI=1S/C73H57BN6O/c1-72(2,3)51-42-43-75-70(44-51)78-62-41-36-52(74-79(63-31-17-15-28-56(63)49-22-9-6-10-23-49)65-33-19-20-34-66(65)80(74)64-32-18-16-29-57(64)50-24-11-7-12-25-50)45-59(62)58-39-37-54(46-68(58)78)81-55-38-40-60-69(47-55)77-48-76(53-26-13-8-14-27-53)67-35-21-30-61(71(67)77)73(60,4)5/h6-47H,1-5H3. The Hall–Kier alpha value is -9.92. The molecule has 0 saturated carbocycles. The lowest BCUT2D eigenvalue weighted by Crippen LogP contribution is -2.53. The van der Waals surface area contributed by atoms with E-state index in [-0.39, 0.29) is 17.8 Å². The molecule has 0 saturated heterocycles. The summed E-state index contributed by atoms with van der Waals surface area (Å²) in [7, 11) is 0. The van der Waals surface area contributed by atoms with E-state index < -0.39 is 0 Å². The number of para-hydroxylation sites is 6. The summed E-state index contributed by atoms with van der Waals surface area (Å²) < 4.78 is 13.8. The van der Waals surface area contributed by atoms with Crippen LogP contribution in [0.25, 0.3) is 72.3 Å². The minimum absolute atomic E-state index is 0.0982. The lowest BCUT2D eigenvalue weighted by Gasteiger charge is -2.34. The Balaban J connectivity index is 0.916. The summed E-state index contributed by atoms with van der Waals surface area (Å²) >= 11 is 0. The SMILES string of the molecule is CC(C)(C)c1ccnc(-n2c3ccc(B4N(c5ccccc5-c5ccccc5)c5ccccc5N4c4ccccc4-c4ccccc4)cc3c3ccc(Oc4ccc5c(c4)-n4[c-][n+](-c6ccccc6)c6cccc(c64)C5(C)C)cc32)c1. The Morgan fingerprint density at radius 1 is 0.494 bits per heavy atom. The van der Waals surface area contributed by atoms with Gasteiger partial charge in [-0.05, 0) is 118 Å². The van der Waals surface area contributed by atoms with Crippen LogP contribution in [0.4, 0.5) is 22.7 Å². The number of aromatic nitrogens is 4. The van der Waals surface area contributed by atoms with E-state index in [1.54, 1.807) is 0 Å². The Kier molecular flexibility index (Phi) is 11.1. The van der Waals surface area contributed by atoms with E-state index in [0.29, 0.717) is 0 Å². The Morgan fingerprint density at radius 3 is 1.74 bits per heavy atom. The molecule has 2 aliphatic heterocycles. The molecule has 0 radical (unpaired) electrons. The molecule has 0 fully saturated rings. The molecule has 0 aliphatic carbocycles. The number of benzene rings is 10. The molecule has 0 amide bonds. The number of imidazole rings is 1. The fraction of sp³-hybridized carbons (Fsp3) is 0.0959. The van der Waals surface area contributed by atoms with Gasteiger partial charge in [0, 0.05) is 51.0 Å². The van der Waals surface area contributed by atoms with Crippen LogP contribution in [0.3, 0.4) is 0 Å². The Labute approximate surface area is 473 Å². The molecule has 15 rings (SSSR count). The highest BCUT2D eigenvalue weighted by Gasteiger charge is 2.45. The summed E-state index contributed by atoms with van der Waals surface area (Å²) in [5, 5.41) is 2.22. The van der Waals surface area contributed by atoms with Crippen molar-refractivity contribution in [1.29, 1.82) is 0 Å². The van der Waals surface area contributed by atoms with Gasteiger partial charge in [-0.1, -0.05) is 198 Å². The van der Waals surface area contributed by atoms with Gasteiger partial charge in [-0.25, -0.2) is 4.98 Å². The van der Waals surface area contributed by atoms with Crippen LogP contribution >= 0.6 is 0 Å². The van der Waals surface area contributed by atoms with E-state index in [1.807, 2.05) is 6.20 Å². The van der Waals surface area contributed by atoms with E-state index in [1.165, 1.54) is 16.7 Å². The van der Waals surface area contributed by atoms with Crippen molar-refractivity contribution < 1.29 is 9.30 Å². The van der Waals surface area contributed by atoms with Crippen LogP contribution in [0, 0.1) is 6.33 Å². The van der Waals surface area contributed by atoms with Crippen molar-refractivity contribution in [3.05, 3.63) is 278 Å². The first-order valence-electron chi connectivity index (χ1n) is 28.0. The molecular weight excluding hydrogens is 988 g/mol. The van der Waals surface area contributed by atoms with Gasteiger partial charge in [0.05, 0.1) is 44.8 Å². The average Bonchev–Trinajstić information content (AvgIpc) is 4.22. The summed E-state index contributed by atoms with van der Waals surface area (Å²) in [5.74, 6) is 2.33. The van der Waals surface area contributed by atoms with E-state index in [9.17, 15) is 0 Å². The molecule has 0 unspecified atom stereocenters. The molecule has 10 aromatic carbocycles. The van der Waals surface area contributed by atoms with Crippen LogP contribution in [-0.4, -0.2) is 21.1 Å². The molecular formula is C73H57BN6O. The van der Waals surface area contributed by atoms with Gasteiger partial charge in [-0.15, -0.1) is 0 Å². The van der Waals surface area contributed by atoms with Crippen molar-refractivity contribution in [3.63, 3.8) is 0 Å². The fourth-order valence-corrected chi connectivity index (χ4v) is 12.8. The molecule has 81 heavy (non-hydrogen) atoms. The number of hydrogen-bond donors (Lipinski definition) is 0. The third kappa shape index (κ3) is 7.80. The van der Waals surface area contributed by atoms with Crippen LogP contribution in [0.1, 0.15) is 51.3 Å². The second-order valence-electron chi connectivity index (χ2n) is 23.0. The molecule has 13 aromatic rings. The second-order valence-corrected chi connectivity index (χ2v) is 23.0. The molecule has 0 spiro atoms. The minimum atomic E-state index is -0.299. The number of hydrogen-bond acceptors (Lipinski definition) is 4. The summed E-state index contributed by atoms with van der Waals surface area (Å²) in [6.45, 7) is 11.1. The van der Waals surface area contributed by atoms with Crippen molar-refractivity contribution >= 4 is 68.0 Å². The van der Waals surface area contributed by atoms with Gasteiger partial charge in [0.25, 0.3) is 6.33 Å². The molecule has 5 heterocycles. The first-order valence-corrected chi connectivity index (χ1v) is 28.0. The van der Waals surface area contributed by atoms with E-state index >= 15 is 0 Å². The first-order chi connectivity index (χ1) is 39.6. The van der Waals surface area contributed by atoms with Crippen LogP contribution in [-0.2, 0) is 10.8 Å². The highest BCUT2D eigenvalue weighted by atomic mass is 16.5. The zero-order valence-corrected chi connectivity index (χ0v) is 45.9. The van der Waals surface area contributed by atoms with E-state index in [0.717, 1.165) is 112 Å². The number of fused-ring (bicyclic) bond motifs is 6. The molecule has 2 aliphatic rings. The van der Waals surface area contributed by atoms with Crippen molar-refractivity contribution in [2.75, 3.05) is 9.62 Å². The normalized spacial score (nSPS) is 13.5. The Morgan fingerprint density at radius 2 is 1.09 bits per heavy atom. The van der Waals surface area contributed by atoms with Crippen LogP contribution in [0.15, 0.2) is 255 Å². The number of anilines is 4. The van der Waals surface area contributed by atoms with Gasteiger partial charge in [0.1, 0.15) is 17.3 Å². The smallest absolute Gasteiger partial charge is 0.420 e. The van der Waals surface area contributed by atoms with Gasteiger partial charge in [-0.2, -0.15) is 0 Å². The quantitative estimate of drug-likeness (QED) is 0.0821. The maximum absolute atomic E-state index is 7.04. The maximum Gasteiger partial charge on any atom is 0.420 e. The number of pyridine rings is 1. The largest absolute Gasteiger partial charge is 0.458 e. The van der Waals surface area contributed by atoms with Crippen LogP contribution < -0.4 is 24.4 Å². The molecule has 0 bridgehead atoms. The summed E-state index contributed by atoms with van der Waals surface area (Å²) in [6, 6.07) is 89.7. The third-order valence-electron chi connectivity index (χ3n) is 16.8. The fourth-order valence-electron chi connectivity index (χ4n) is 12.8. The summed E-state index contributed by atoms with van der Waals surface area (Å²) in [6.07, 6.45) is 5.70. The van der Waals surface area contributed by atoms with E-state index in [4.69, 9.17) is 9.72 Å². The van der Waals surface area contributed by atoms with Crippen molar-refractivity contribution in [1.82, 2.24) is 14.1 Å². The molecule has 0 N–H and O–H groups in total. The zero-order chi connectivity index (χ0) is 54.6. The van der Waals surface area contributed by atoms with Gasteiger partial charge < -0.3 is 14.4 Å². The topological polar surface area (TPSA) is 42.3 Å². The third-order valence-corrected chi connectivity index (χ3v) is 16.8. The summed E-state index contributed by atoms with van der Waals surface area (Å²) in [4.78, 5) is 10.2. The zero-order valence-electron chi connectivity index (χ0n) is 45.9. The van der Waals surface area contributed by atoms with Crippen molar-refractivity contribution in [3.8, 4) is 50.9 Å². The number of rotatable bonds is 9. The van der Waals surface area contributed by atoms with Crippen LogP contribution in [0.2, 0.25) is 0 Å². The lowest BCUT2D eigenvalue weighted by atomic mass is 9.63. The Bertz CT molecular complexity index is 4490. The van der Waals surface area contributed by atoms with Crippen LogP contribution in [0.5, 0.6) is 11.5 Å². The monoisotopic (exact) mass is 1040 g/mol. The lowest BCUT2D eigenvalue weighted by molar-refractivity contribution is -0.572. The highest BCUT2D eigenvalue weighted by molar-refractivity contribution is 6.84. The second kappa shape index (κ2) is 18.6. The van der Waals surface area contributed by atoms with E-state index in [2.05, 4.69) is 313 Å². The first kappa shape index (κ1) is 48.2. The molecule has 7 nitrogen and oxygen atoms in total. The molecule has 8 heteroatoms. The summed E-state index contributed by atoms with van der Waals surface area (Å²) in [5.41, 5.74) is 20.1. The number of nitrogens with zero attached hydrogens (tertiary/aromatic N) is 6. The van der Waals surface area contributed by atoms with Gasteiger partial charge in [-0.3, -0.25) is 13.7 Å². The molecule has 0 atom stereocenters. The van der Waals surface area contributed by atoms with Crippen molar-refractivity contribution in [2.45, 2.75) is 45.4 Å². The van der Waals surface area contributed by atoms with Gasteiger partial charge >= 0.3 is 6.98 Å².